The van der Waals surface area contributed by atoms with E-state index in [-0.39, 0.29) is 6.61 Å². The summed E-state index contributed by atoms with van der Waals surface area (Å²) >= 11 is 11.1. The zero-order valence-corrected chi connectivity index (χ0v) is 11.0. The summed E-state index contributed by atoms with van der Waals surface area (Å²) in [5.41, 5.74) is 7.53. The molecule has 1 aromatic carbocycles. The first kappa shape index (κ1) is 12.6. The lowest BCUT2D eigenvalue weighted by molar-refractivity contribution is 0.238. The first-order valence-electron chi connectivity index (χ1n) is 5.57. The first-order valence-corrected chi connectivity index (χ1v) is 6.35. The van der Waals surface area contributed by atoms with Crippen LogP contribution in [0.2, 0.25) is 5.02 Å². The van der Waals surface area contributed by atoms with Crippen LogP contribution in [0.3, 0.4) is 0 Å². The molecule has 1 atom stereocenters. The molecule has 17 heavy (non-hydrogen) atoms. The van der Waals surface area contributed by atoms with Crippen LogP contribution in [0, 0.1) is 5.92 Å². The van der Waals surface area contributed by atoms with Crippen LogP contribution in [0.15, 0.2) is 18.2 Å². The predicted octanol–water partition coefficient (Wildman–Crippen LogP) is 1.79. The minimum atomic E-state index is 0.222. The van der Waals surface area contributed by atoms with E-state index in [1.54, 1.807) is 6.07 Å². The van der Waals surface area contributed by atoms with Gasteiger partial charge in [-0.15, -0.1) is 0 Å². The van der Waals surface area contributed by atoms with Crippen molar-refractivity contribution >= 4 is 34.5 Å². The maximum absolute atomic E-state index is 9.16. The number of hydrogen-bond donors (Lipinski definition) is 2. The normalized spacial score (nSPS) is 19.6. The maximum atomic E-state index is 9.16. The van der Waals surface area contributed by atoms with Gasteiger partial charge in [0.05, 0.1) is 0 Å². The van der Waals surface area contributed by atoms with Crippen molar-refractivity contribution in [2.75, 3.05) is 24.6 Å². The van der Waals surface area contributed by atoms with Gasteiger partial charge >= 0.3 is 0 Å². The molecule has 0 amide bonds. The van der Waals surface area contributed by atoms with Crippen LogP contribution in [-0.2, 0) is 0 Å². The molecular weight excluding hydrogens is 256 g/mol. The largest absolute Gasteiger partial charge is 0.396 e. The summed E-state index contributed by atoms with van der Waals surface area (Å²) < 4.78 is 0. The minimum Gasteiger partial charge on any atom is -0.396 e. The molecule has 0 saturated carbocycles. The summed E-state index contributed by atoms with van der Waals surface area (Å²) in [6.07, 6.45) is 0.986. The Balaban J connectivity index is 2.31. The highest BCUT2D eigenvalue weighted by molar-refractivity contribution is 7.80. The van der Waals surface area contributed by atoms with Crippen molar-refractivity contribution in [1.82, 2.24) is 0 Å². The van der Waals surface area contributed by atoms with Gasteiger partial charge in [0.1, 0.15) is 4.99 Å². The molecule has 0 aromatic heterocycles. The number of nitrogens with zero attached hydrogens (tertiary/aromatic N) is 1. The molecule has 0 aliphatic carbocycles. The number of aliphatic hydroxyl groups excluding tert-OH is 1. The number of rotatable bonds is 3. The van der Waals surface area contributed by atoms with Gasteiger partial charge in [-0.05, 0) is 24.6 Å². The van der Waals surface area contributed by atoms with E-state index in [4.69, 9.17) is 34.7 Å². The third kappa shape index (κ3) is 2.70. The van der Waals surface area contributed by atoms with E-state index in [9.17, 15) is 0 Å². The fourth-order valence-corrected chi connectivity index (χ4v) is 2.51. The number of benzene rings is 1. The Morgan fingerprint density at radius 2 is 2.35 bits per heavy atom. The third-order valence-electron chi connectivity index (χ3n) is 3.11. The fourth-order valence-electron chi connectivity index (χ4n) is 2.18. The lowest BCUT2D eigenvalue weighted by Crippen LogP contribution is -2.24. The number of nitrogens with two attached hydrogens (primary N) is 1. The zero-order valence-electron chi connectivity index (χ0n) is 9.40. The molecule has 2 rings (SSSR count). The Hall–Kier alpha value is -0.840. The average Bonchev–Trinajstić information content (AvgIpc) is 2.76. The van der Waals surface area contributed by atoms with Crippen LogP contribution in [-0.4, -0.2) is 29.8 Å². The number of aliphatic hydroxyl groups is 1. The van der Waals surface area contributed by atoms with Crippen LogP contribution in [0.1, 0.15) is 12.0 Å². The van der Waals surface area contributed by atoms with E-state index in [0.29, 0.717) is 15.9 Å². The van der Waals surface area contributed by atoms with Gasteiger partial charge in [0.2, 0.25) is 0 Å². The Morgan fingerprint density at radius 3 is 2.94 bits per heavy atom. The van der Waals surface area contributed by atoms with E-state index in [1.165, 1.54) is 0 Å². The molecule has 0 spiro atoms. The molecule has 1 saturated heterocycles. The maximum Gasteiger partial charge on any atom is 0.106 e. The molecule has 92 valence electrons. The summed E-state index contributed by atoms with van der Waals surface area (Å²) in [4.78, 5) is 2.56. The van der Waals surface area contributed by atoms with Crippen molar-refractivity contribution in [3.63, 3.8) is 0 Å². The molecule has 1 aliphatic heterocycles. The van der Waals surface area contributed by atoms with Gasteiger partial charge < -0.3 is 15.7 Å². The number of thiocarbonyl (C=S) groups is 1. The molecular formula is C12H15ClN2OS. The van der Waals surface area contributed by atoms with Gasteiger partial charge in [-0.2, -0.15) is 0 Å². The number of halogens is 1. The Bertz CT molecular complexity index is 439. The van der Waals surface area contributed by atoms with Gasteiger partial charge in [-0.25, -0.2) is 0 Å². The highest BCUT2D eigenvalue weighted by Gasteiger charge is 2.24. The lowest BCUT2D eigenvalue weighted by Gasteiger charge is -2.21. The van der Waals surface area contributed by atoms with Crippen LogP contribution >= 0.6 is 23.8 Å². The van der Waals surface area contributed by atoms with Crippen molar-refractivity contribution in [1.29, 1.82) is 0 Å². The summed E-state index contributed by atoms with van der Waals surface area (Å²) in [6, 6.07) is 5.53. The number of anilines is 1. The van der Waals surface area contributed by atoms with Crippen molar-refractivity contribution < 1.29 is 5.11 Å². The summed E-state index contributed by atoms with van der Waals surface area (Å²) in [5.74, 6) is 0.327. The first-order chi connectivity index (χ1) is 8.11. The second kappa shape index (κ2) is 5.21. The van der Waals surface area contributed by atoms with Gasteiger partial charge in [-0.3, -0.25) is 0 Å². The van der Waals surface area contributed by atoms with E-state index >= 15 is 0 Å². The zero-order chi connectivity index (χ0) is 12.4. The highest BCUT2D eigenvalue weighted by Crippen LogP contribution is 2.29. The van der Waals surface area contributed by atoms with E-state index < -0.39 is 0 Å². The van der Waals surface area contributed by atoms with Crippen LogP contribution in [0.4, 0.5) is 5.69 Å². The molecule has 0 bridgehead atoms. The van der Waals surface area contributed by atoms with E-state index in [1.807, 2.05) is 12.1 Å². The Kier molecular flexibility index (Phi) is 3.86. The Labute approximate surface area is 111 Å². The standard InChI is InChI=1S/C12H15ClN2OS/c13-9-1-2-10(12(14)17)11(5-9)15-4-3-8(6-15)7-16/h1-2,5,8,16H,3-4,6-7H2,(H2,14,17). The summed E-state index contributed by atoms with van der Waals surface area (Å²) in [5, 5.41) is 9.83. The van der Waals surface area contributed by atoms with Crippen molar-refractivity contribution in [3.05, 3.63) is 28.8 Å². The van der Waals surface area contributed by atoms with Crippen LogP contribution < -0.4 is 10.6 Å². The third-order valence-corrected chi connectivity index (χ3v) is 3.56. The van der Waals surface area contributed by atoms with Crippen molar-refractivity contribution in [3.8, 4) is 0 Å². The smallest absolute Gasteiger partial charge is 0.106 e. The monoisotopic (exact) mass is 270 g/mol. The quantitative estimate of drug-likeness (QED) is 0.823. The van der Waals surface area contributed by atoms with E-state index in [2.05, 4.69) is 4.90 Å². The minimum absolute atomic E-state index is 0.222. The molecule has 1 heterocycles. The molecule has 3 nitrogen and oxygen atoms in total. The van der Waals surface area contributed by atoms with Crippen molar-refractivity contribution in [2.45, 2.75) is 6.42 Å². The topological polar surface area (TPSA) is 49.5 Å². The molecule has 1 unspecified atom stereocenters. The van der Waals surface area contributed by atoms with Gasteiger partial charge in [0.25, 0.3) is 0 Å². The molecule has 3 N–H and O–H groups in total. The predicted molar refractivity (Wildman–Crippen MR) is 74.7 cm³/mol. The second-order valence-corrected chi connectivity index (χ2v) is 5.19. The fraction of sp³-hybridized carbons (Fsp3) is 0.417. The molecule has 1 aromatic rings. The van der Waals surface area contributed by atoms with Gasteiger partial charge in [0.15, 0.2) is 0 Å². The molecule has 1 fully saturated rings. The molecule has 1 aliphatic rings. The van der Waals surface area contributed by atoms with Gasteiger partial charge in [0, 0.05) is 41.9 Å². The summed E-state index contributed by atoms with van der Waals surface area (Å²) in [7, 11) is 0. The SMILES string of the molecule is NC(=S)c1ccc(Cl)cc1N1CCC(CO)C1. The van der Waals surface area contributed by atoms with Crippen LogP contribution in [0.25, 0.3) is 0 Å². The highest BCUT2D eigenvalue weighted by atomic mass is 35.5. The van der Waals surface area contributed by atoms with E-state index in [0.717, 1.165) is 30.8 Å². The van der Waals surface area contributed by atoms with Crippen molar-refractivity contribution in [2.24, 2.45) is 11.7 Å². The van der Waals surface area contributed by atoms with Crippen LogP contribution in [0.5, 0.6) is 0 Å². The average molecular weight is 271 g/mol. The number of hydrogen-bond acceptors (Lipinski definition) is 3. The molecule has 0 radical (unpaired) electrons. The summed E-state index contributed by atoms with van der Waals surface area (Å²) in [6.45, 7) is 1.95. The molecule has 5 heteroatoms. The Morgan fingerprint density at radius 1 is 1.59 bits per heavy atom. The second-order valence-electron chi connectivity index (χ2n) is 4.31. The lowest BCUT2D eigenvalue weighted by atomic mass is 10.1. The van der Waals surface area contributed by atoms with Gasteiger partial charge in [-0.1, -0.05) is 23.8 Å².